The molecule has 1 aromatic heterocycles. The van der Waals surface area contributed by atoms with Crippen LogP contribution in [0.5, 0.6) is 5.75 Å². The van der Waals surface area contributed by atoms with Gasteiger partial charge in [-0.15, -0.1) is 10.2 Å². The highest BCUT2D eigenvalue weighted by molar-refractivity contribution is 5.59. The molecule has 18 heavy (non-hydrogen) atoms. The van der Waals surface area contributed by atoms with E-state index in [4.69, 9.17) is 0 Å². The van der Waals surface area contributed by atoms with E-state index in [2.05, 4.69) is 20.3 Å². The Morgan fingerprint density at radius 3 is 2.72 bits per heavy atom. The highest BCUT2D eigenvalue weighted by atomic mass is 19.3. The topological polar surface area (TPSA) is 52.0 Å². The van der Waals surface area contributed by atoms with Gasteiger partial charge in [-0.05, 0) is 12.1 Å². The summed E-state index contributed by atoms with van der Waals surface area (Å²) < 4.78 is 30.3. The molecule has 0 fully saturated rings. The number of halogens is 2. The van der Waals surface area contributed by atoms with Crippen LogP contribution in [0.4, 0.5) is 14.7 Å². The lowest BCUT2D eigenvalue weighted by Crippen LogP contribution is -2.02. The van der Waals surface area contributed by atoms with Crippen molar-refractivity contribution in [2.45, 2.75) is 6.61 Å². The first-order valence-electron chi connectivity index (χ1n) is 5.24. The first-order chi connectivity index (χ1) is 8.61. The predicted molar refractivity (Wildman–Crippen MR) is 62.6 cm³/mol. The molecule has 1 aromatic carbocycles. The second-order valence-electron chi connectivity index (χ2n) is 3.56. The Morgan fingerprint density at radius 2 is 2.11 bits per heavy atom. The van der Waals surface area contributed by atoms with Gasteiger partial charge < -0.3 is 10.1 Å². The van der Waals surface area contributed by atoms with E-state index in [0.29, 0.717) is 17.3 Å². The van der Waals surface area contributed by atoms with Crippen LogP contribution in [0, 0.1) is 0 Å². The van der Waals surface area contributed by atoms with Gasteiger partial charge in [0.1, 0.15) is 5.75 Å². The summed E-state index contributed by atoms with van der Waals surface area (Å²) in [5.74, 6) is 1.25. The Balaban J connectivity index is 2.35. The SMILES string of the molecule is CNc1nnc(-c2cccc(OC(F)F)c2)n1C. The van der Waals surface area contributed by atoms with Crippen molar-refractivity contribution in [3.8, 4) is 17.1 Å². The lowest BCUT2D eigenvalue weighted by molar-refractivity contribution is -0.0498. The van der Waals surface area contributed by atoms with Crippen molar-refractivity contribution in [2.24, 2.45) is 7.05 Å². The fraction of sp³-hybridized carbons (Fsp3) is 0.273. The third-order valence-corrected chi connectivity index (χ3v) is 2.42. The highest BCUT2D eigenvalue weighted by Gasteiger charge is 2.11. The van der Waals surface area contributed by atoms with Crippen molar-refractivity contribution in [3.05, 3.63) is 24.3 Å². The molecule has 96 valence electrons. The molecule has 0 atom stereocenters. The molecule has 0 aliphatic rings. The maximum atomic E-state index is 12.1. The van der Waals surface area contributed by atoms with Gasteiger partial charge in [0.2, 0.25) is 5.95 Å². The van der Waals surface area contributed by atoms with Crippen LogP contribution in [0.2, 0.25) is 0 Å². The normalized spacial score (nSPS) is 10.7. The summed E-state index contributed by atoms with van der Waals surface area (Å²) >= 11 is 0. The third-order valence-electron chi connectivity index (χ3n) is 2.42. The molecule has 1 heterocycles. The summed E-state index contributed by atoms with van der Waals surface area (Å²) in [4.78, 5) is 0. The highest BCUT2D eigenvalue weighted by Crippen LogP contribution is 2.24. The average molecular weight is 254 g/mol. The second-order valence-corrected chi connectivity index (χ2v) is 3.56. The standard InChI is InChI=1S/C11H12F2N4O/c1-14-11-16-15-9(17(11)2)7-4-3-5-8(6-7)18-10(12)13/h3-6,10H,1-2H3,(H,14,16). The van der Waals surface area contributed by atoms with Crippen LogP contribution in [0.3, 0.4) is 0 Å². The number of anilines is 1. The van der Waals surface area contributed by atoms with E-state index in [1.165, 1.54) is 12.1 Å². The molecule has 0 saturated carbocycles. The second kappa shape index (κ2) is 4.99. The molecule has 0 spiro atoms. The molecule has 0 unspecified atom stereocenters. The van der Waals surface area contributed by atoms with Gasteiger partial charge in [-0.1, -0.05) is 12.1 Å². The van der Waals surface area contributed by atoms with Gasteiger partial charge in [-0.3, -0.25) is 4.57 Å². The number of benzene rings is 1. The number of aromatic nitrogens is 3. The first-order valence-corrected chi connectivity index (χ1v) is 5.24. The molecule has 2 aromatic rings. The van der Waals surface area contributed by atoms with Crippen molar-refractivity contribution in [1.82, 2.24) is 14.8 Å². The molecule has 0 saturated heterocycles. The van der Waals surface area contributed by atoms with Crippen LogP contribution in [-0.4, -0.2) is 28.4 Å². The molecule has 5 nitrogen and oxygen atoms in total. The van der Waals surface area contributed by atoms with Gasteiger partial charge in [-0.2, -0.15) is 8.78 Å². The van der Waals surface area contributed by atoms with E-state index < -0.39 is 6.61 Å². The summed E-state index contributed by atoms with van der Waals surface area (Å²) in [7, 11) is 3.51. The van der Waals surface area contributed by atoms with Crippen LogP contribution in [0.1, 0.15) is 0 Å². The number of hydrogen-bond acceptors (Lipinski definition) is 4. The Labute approximate surface area is 102 Å². The van der Waals surface area contributed by atoms with E-state index >= 15 is 0 Å². The summed E-state index contributed by atoms with van der Waals surface area (Å²) in [5, 5.41) is 10.8. The third kappa shape index (κ3) is 2.39. The minimum absolute atomic E-state index is 0.0940. The predicted octanol–water partition coefficient (Wildman–Crippen LogP) is 2.13. The average Bonchev–Trinajstić information content (AvgIpc) is 2.70. The Hall–Kier alpha value is -2.18. The summed E-state index contributed by atoms with van der Waals surface area (Å²) in [6.45, 7) is -2.84. The largest absolute Gasteiger partial charge is 0.435 e. The van der Waals surface area contributed by atoms with Crippen LogP contribution >= 0.6 is 0 Å². The zero-order chi connectivity index (χ0) is 13.1. The maximum Gasteiger partial charge on any atom is 0.387 e. The quantitative estimate of drug-likeness (QED) is 0.908. The van der Waals surface area contributed by atoms with Crippen LogP contribution < -0.4 is 10.1 Å². The van der Waals surface area contributed by atoms with Gasteiger partial charge in [-0.25, -0.2) is 0 Å². The van der Waals surface area contributed by atoms with Crippen LogP contribution in [-0.2, 0) is 7.05 Å². The molecular weight excluding hydrogens is 242 g/mol. The van der Waals surface area contributed by atoms with Gasteiger partial charge >= 0.3 is 6.61 Å². The zero-order valence-electron chi connectivity index (χ0n) is 9.89. The molecule has 0 radical (unpaired) electrons. The van der Waals surface area contributed by atoms with Crippen molar-refractivity contribution in [1.29, 1.82) is 0 Å². The molecule has 0 amide bonds. The smallest absolute Gasteiger partial charge is 0.387 e. The van der Waals surface area contributed by atoms with Crippen molar-refractivity contribution in [2.75, 3.05) is 12.4 Å². The van der Waals surface area contributed by atoms with Gasteiger partial charge in [0, 0.05) is 19.7 Å². The van der Waals surface area contributed by atoms with Gasteiger partial charge in [0.15, 0.2) is 5.82 Å². The molecule has 1 N–H and O–H groups in total. The van der Waals surface area contributed by atoms with E-state index in [0.717, 1.165) is 0 Å². The zero-order valence-corrected chi connectivity index (χ0v) is 9.89. The minimum Gasteiger partial charge on any atom is -0.435 e. The van der Waals surface area contributed by atoms with Gasteiger partial charge in [0.05, 0.1) is 0 Å². The van der Waals surface area contributed by atoms with Crippen molar-refractivity contribution >= 4 is 5.95 Å². The first kappa shape index (κ1) is 12.3. The van der Waals surface area contributed by atoms with E-state index in [1.807, 2.05) is 0 Å². The molecule has 0 aliphatic carbocycles. The van der Waals surface area contributed by atoms with Crippen molar-refractivity contribution < 1.29 is 13.5 Å². The molecule has 0 aliphatic heterocycles. The fourth-order valence-corrected chi connectivity index (χ4v) is 1.61. The van der Waals surface area contributed by atoms with E-state index in [-0.39, 0.29) is 5.75 Å². The van der Waals surface area contributed by atoms with E-state index in [9.17, 15) is 8.78 Å². The van der Waals surface area contributed by atoms with Crippen molar-refractivity contribution in [3.63, 3.8) is 0 Å². The number of alkyl halides is 2. The number of ether oxygens (including phenoxy) is 1. The Morgan fingerprint density at radius 1 is 1.33 bits per heavy atom. The molecule has 0 bridgehead atoms. The number of hydrogen-bond donors (Lipinski definition) is 1. The Bertz CT molecular complexity index is 542. The molecule has 7 heteroatoms. The lowest BCUT2D eigenvalue weighted by Gasteiger charge is -2.07. The van der Waals surface area contributed by atoms with Crippen LogP contribution in [0.15, 0.2) is 24.3 Å². The Kier molecular flexibility index (Phi) is 3.40. The summed E-state index contributed by atoms with van der Waals surface area (Å²) in [6, 6.07) is 6.34. The summed E-state index contributed by atoms with van der Waals surface area (Å²) in [6.07, 6.45) is 0. The fourth-order valence-electron chi connectivity index (χ4n) is 1.61. The minimum atomic E-state index is -2.84. The summed E-state index contributed by atoms with van der Waals surface area (Å²) in [5.41, 5.74) is 0.657. The van der Waals surface area contributed by atoms with Gasteiger partial charge in [0.25, 0.3) is 0 Å². The maximum absolute atomic E-state index is 12.1. The molecular formula is C11H12F2N4O. The number of nitrogens with one attached hydrogen (secondary N) is 1. The van der Waals surface area contributed by atoms with E-state index in [1.54, 1.807) is 30.8 Å². The lowest BCUT2D eigenvalue weighted by atomic mass is 10.2. The number of rotatable bonds is 4. The monoisotopic (exact) mass is 254 g/mol. The molecule has 2 rings (SSSR count). The van der Waals surface area contributed by atoms with Crippen LogP contribution in [0.25, 0.3) is 11.4 Å². The number of nitrogens with zero attached hydrogens (tertiary/aromatic N) is 3.